The highest BCUT2D eigenvalue weighted by molar-refractivity contribution is 5.67. The fraction of sp³-hybridized carbons (Fsp3) is 0.700. The highest BCUT2D eigenvalue weighted by Gasteiger charge is 2.11. The molecule has 1 heterocycles. The fourth-order valence-corrected chi connectivity index (χ4v) is 1.22. The van der Waals surface area contributed by atoms with Crippen molar-refractivity contribution in [1.82, 2.24) is 5.32 Å². The Morgan fingerprint density at radius 2 is 2.50 bits per heavy atom. The number of hydrogen-bond donors (Lipinski definition) is 1. The van der Waals surface area contributed by atoms with Gasteiger partial charge in [0.15, 0.2) is 0 Å². The van der Waals surface area contributed by atoms with Gasteiger partial charge in [-0.25, -0.2) is 4.79 Å². The lowest BCUT2D eigenvalue weighted by atomic mass is 10.2. The van der Waals surface area contributed by atoms with Crippen molar-refractivity contribution in [3.8, 4) is 0 Å². The van der Waals surface area contributed by atoms with Crippen LogP contribution >= 0.6 is 0 Å². The first kappa shape index (κ1) is 11.0. The number of nitrogens with one attached hydrogen (secondary N) is 1. The molecule has 1 aliphatic rings. The van der Waals surface area contributed by atoms with Crippen LogP contribution in [-0.4, -0.2) is 32.0 Å². The molecule has 1 atom stereocenters. The Bertz CT molecular complexity index is 204. The summed E-state index contributed by atoms with van der Waals surface area (Å²) in [5, 5.41) is 2.59. The van der Waals surface area contributed by atoms with Gasteiger partial charge in [0.1, 0.15) is 6.10 Å². The van der Waals surface area contributed by atoms with Crippen LogP contribution in [0.1, 0.15) is 19.8 Å². The minimum absolute atomic E-state index is 0.151. The molecule has 0 radical (unpaired) electrons. The summed E-state index contributed by atoms with van der Waals surface area (Å²) in [6, 6.07) is 0. The van der Waals surface area contributed by atoms with Crippen molar-refractivity contribution < 1.29 is 14.3 Å². The largest absolute Gasteiger partial charge is 0.442 e. The van der Waals surface area contributed by atoms with E-state index in [9.17, 15) is 4.79 Å². The second-order valence-electron chi connectivity index (χ2n) is 3.09. The average molecular weight is 199 g/mol. The van der Waals surface area contributed by atoms with Crippen LogP contribution in [0.4, 0.5) is 4.79 Å². The van der Waals surface area contributed by atoms with Crippen molar-refractivity contribution in [1.29, 1.82) is 0 Å². The topological polar surface area (TPSA) is 47.6 Å². The average Bonchev–Trinajstić information content (AvgIpc) is 2.10. The first-order valence-corrected chi connectivity index (χ1v) is 5.02. The van der Waals surface area contributed by atoms with Gasteiger partial charge in [0.05, 0.1) is 13.2 Å². The van der Waals surface area contributed by atoms with Gasteiger partial charge in [0, 0.05) is 13.0 Å². The third-order valence-electron chi connectivity index (χ3n) is 1.91. The van der Waals surface area contributed by atoms with Crippen LogP contribution < -0.4 is 5.32 Å². The SMILES string of the molecule is CCNC(=O)OC1/C=C/CCOCC1. The van der Waals surface area contributed by atoms with Crippen molar-refractivity contribution >= 4 is 6.09 Å². The zero-order valence-electron chi connectivity index (χ0n) is 8.49. The van der Waals surface area contributed by atoms with E-state index in [0.29, 0.717) is 13.2 Å². The third kappa shape index (κ3) is 4.28. The second kappa shape index (κ2) is 6.43. The van der Waals surface area contributed by atoms with Crippen molar-refractivity contribution in [2.24, 2.45) is 0 Å². The molecule has 0 aromatic carbocycles. The van der Waals surface area contributed by atoms with Crippen LogP contribution in [0.5, 0.6) is 0 Å². The molecule has 0 fully saturated rings. The molecule has 0 bridgehead atoms. The molecule has 80 valence electrons. The van der Waals surface area contributed by atoms with Crippen molar-refractivity contribution in [2.75, 3.05) is 19.8 Å². The highest BCUT2D eigenvalue weighted by atomic mass is 16.6. The summed E-state index contributed by atoms with van der Waals surface area (Å²) in [5.74, 6) is 0. The summed E-state index contributed by atoms with van der Waals surface area (Å²) in [7, 11) is 0. The lowest BCUT2D eigenvalue weighted by molar-refractivity contribution is 0.0747. The van der Waals surface area contributed by atoms with E-state index in [1.54, 1.807) is 0 Å². The monoisotopic (exact) mass is 199 g/mol. The van der Waals surface area contributed by atoms with Gasteiger partial charge < -0.3 is 14.8 Å². The Balaban J connectivity index is 2.33. The van der Waals surface area contributed by atoms with Crippen molar-refractivity contribution in [2.45, 2.75) is 25.9 Å². The summed E-state index contributed by atoms with van der Waals surface area (Å²) >= 11 is 0. The van der Waals surface area contributed by atoms with Gasteiger partial charge in [-0.2, -0.15) is 0 Å². The van der Waals surface area contributed by atoms with Gasteiger partial charge in [-0.1, -0.05) is 6.08 Å². The lowest BCUT2D eigenvalue weighted by Crippen LogP contribution is -2.28. The number of alkyl carbamates (subject to hydrolysis) is 1. The van der Waals surface area contributed by atoms with Gasteiger partial charge in [-0.3, -0.25) is 0 Å². The van der Waals surface area contributed by atoms with Gasteiger partial charge in [0.25, 0.3) is 0 Å². The van der Waals surface area contributed by atoms with E-state index < -0.39 is 0 Å². The number of hydrogen-bond acceptors (Lipinski definition) is 3. The minimum atomic E-state index is -0.359. The first-order chi connectivity index (χ1) is 6.83. The molecule has 14 heavy (non-hydrogen) atoms. The van der Waals surface area contributed by atoms with Crippen LogP contribution in [0.3, 0.4) is 0 Å². The van der Waals surface area contributed by atoms with Crippen molar-refractivity contribution in [3.05, 3.63) is 12.2 Å². The van der Waals surface area contributed by atoms with Crippen LogP contribution in [0.2, 0.25) is 0 Å². The standard InChI is InChI=1S/C10H17NO3/c1-2-11-10(12)14-9-5-3-4-7-13-8-6-9/h3,5,9H,2,4,6-8H2,1H3,(H,11,12)/b5-3+. The van der Waals surface area contributed by atoms with E-state index in [4.69, 9.17) is 9.47 Å². The molecule has 1 rings (SSSR count). The van der Waals surface area contributed by atoms with E-state index in [-0.39, 0.29) is 12.2 Å². The van der Waals surface area contributed by atoms with Crippen LogP contribution in [0, 0.1) is 0 Å². The summed E-state index contributed by atoms with van der Waals surface area (Å²) in [4.78, 5) is 11.1. The van der Waals surface area contributed by atoms with Crippen molar-refractivity contribution in [3.63, 3.8) is 0 Å². The van der Waals surface area contributed by atoms with Gasteiger partial charge in [-0.05, 0) is 19.4 Å². The molecule has 0 aromatic rings. The Morgan fingerprint density at radius 1 is 1.64 bits per heavy atom. The normalized spacial score (nSPS) is 24.5. The molecular weight excluding hydrogens is 182 g/mol. The molecule has 0 saturated heterocycles. The number of rotatable bonds is 2. The maximum absolute atomic E-state index is 11.1. The summed E-state index contributed by atoms with van der Waals surface area (Å²) in [6.07, 6.45) is 5.02. The van der Waals surface area contributed by atoms with Crippen LogP contribution in [0.15, 0.2) is 12.2 Å². The lowest BCUT2D eigenvalue weighted by Gasteiger charge is -2.16. The first-order valence-electron chi connectivity index (χ1n) is 5.02. The van der Waals surface area contributed by atoms with Gasteiger partial charge in [0.2, 0.25) is 0 Å². The molecule has 1 amide bonds. The van der Waals surface area contributed by atoms with Gasteiger partial charge >= 0.3 is 6.09 Å². The van der Waals surface area contributed by atoms with Crippen LogP contribution in [0.25, 0.3) is 0 Å². The highest BCUT2D eigenvalue weighted by Crippen LogP contribution is 2.06. The summed E-state index contributed by atoms with van der Waals surface area (Å²) < 4.78 is 10.4. The second-order valence-corrected chi connectivity index (χ2v) is 3.09. The number of amides is 1. The fourth-order valence-electron chi connectivity index (χ4n) is 1.22. The molecule has 0 saturated carbocycles. The number of carbonyl (C=O) groups is 1. The summed E-state index contributed by atoms with van der Waals surface area (Å²) in [5.41, 5.74) is 0. The Kier molecular flexibility index (Phi) is 5.07. The zero-order valence-corrected chi connectivity index (χ0v) is 8.49. The maximum Gasteiger partial charge on any atom is 0.407 e. The van der Waals surface area contributed by atoms with E-state index >= 15 is 0 Å². The zero-order chi connectivity index (χ0) is 10.2. The molecule has 1 unspecified atom stereocenters. The van der Waals surface area contributed by atoms with Crippen LogP contribution in [-0.2, 0) is 9.47 Å². The molecule has 4 nitrogen and oxygen atoms in total. The molecule has 0 spiro atoms. The summed E-state index contributed by atoms with van der Waals surface area (Å²) in [6.45, 7) is 3.85. The van der Waals surface area contributed by atoms with E-state index in [2.05, 4.69) is 5.32 Å². The maximum atomic E-state index is 11.1. The van der Waals surface area contributed by atoms with E-state index in [0.717, 1.165) is 19.4 Å². The minimum Gasteiger partial charge on any atom is -0.442 e. The molecule has 4 heteroatoms. The molecule has 0 aromatic heterocycles. The third-order valence-corrected chi connectivity index (χ3v) is 1.91. The Morgan fingerprint density at radius 3 is 3.29 bits per heavy atom. The predicted molar refractivity (Wildman–Crippen MR) is 53.1 cm³/mol. The molecule has 0 aliphatic carbocycles. The number of ether oxygens (including phenoxy) is 2. The van der Waals surface area contributed by atoms with Gasteiger partial charge in [-0.15, -0.1) is 0 Å². The Hall–Kier alpha value is -1.03. The van der Waals surface area contributed by atoms with E-state index in [1.807, 2.05) is 19.1 Å². The number of carbonyl (C=O) groups excluding carboxylic acids is 1. The smallest absolute Gasteiger partial charge is 0.407 e. The molecule has 1 aliphatic heterocycles. The quantitative estimate of drug-likeness (QED) is 0.685. The Labute approximate surface area is 84.3 Å². The predicted octanol–water partition coefficient (Wildman–Crippen LogP) is 1.47. The van der Waals surface area contributed by atoms with E-state index in [1.165, 1.54) is 0 Å². The molecular formula is C10H17NO3. The molecule has 1 N–H and O–H groups in total.